The second-order valence-electron chi connectivity index (χ2n) is 12.9. The molecule has 1 aliphatic carbocycles. The van der Waals surface area contributed by atoms with E-state index in [0.29, 0.717) is 0 Å². The smallest absolute Gasteiger partial charge is 0.137 e. The minimum absolute atomic E-state index is 0.213. The summed E-state index contributed by atoms with van der Waals surface area (Å²) in [4.78, 5) is 2.40. The molecule has 0 spiro atoms. The molecule has 2 heterocycles. The number of rotatable bonds is 5. The highest BCUT2D eigenvalue weighted by molar-refractivity contribution is 6.19. The minimum atomic E-state index is 0.213. The van der Waals surface area contributed by atoms with Gasteiger partial charge >= 0.3 is 0 Å². The molecule has 1 atom stereocenters. The molecule has 0 saturated heterocycles. The van der Waals surface area contributed by atoms with Crippen molar-refractivity contribution in [2.75, 3.05) is 4.90 Å². The lowest BCUT2D eigenvalue weighted by Crippen LogP contribution is -2.23. The molecule has 0 bridgehead atoms. The topological polar surface area (TPSA) is 29.5 Å². The standard InChI is InChI=1S/C46H31NO2/c1-2-10-31(11-3-1)36-12-4-7-15-41(36)47(35-25-26-38-37-13-5-8-16-42(37)49-45(38)29-35)34-23-20-30(21-24-34)33-19-18-32-22-27-44-46(40(32)28-33)39-14-6-9-17-43(39)48-44/h1-11,13-29,36H,12H2. The first-order valence-electron chi connectivity index (χ1n) is 16.9. The lowest BCUT2D eigenvalue weighted by Gasteiger charge is -2.34. The molecule has 0 radical (unpaired) electrons. The second kappa shape index (κ2) is 11.1. The van der Waals surface area contributed by atoms with E-state index in [1.807, 2.05) is 24.3 Å². The van der Waals surface area contributed by atoms with Crippen molar-refractivity contribution in [3.63, 3.8) is 0 Å². The first kappa shape index (κ1) is 27.8. The third-order valence-corrected chi connectivity index (χ3v) is 10.0. The maximum absolute atomic E-state index is 6.37. The van der Waals surface area contributed by atoms with Crippen molar-refractivity contribution in [1.82, 2.24) is 0 Å². The highest BCUT2D eigenvalue weighted by Crippen LogP contribution is 2.43. The Bertz CT molecular complexity index is 2750. The van der Waals surface area contributed by atoms with Gasteiger partial charge in [-0.3, -0.25) is 0 Å². The van der Waals surface area contributed by atoms with E-state index in [9.17, 15) is 0 Å². The van der Waals surface area contributed by atoms with E-state index < -0.39 is 0 Å². The van der Waals surface area contributed by atoms with Crippen molar-refractivity contribution in [1.29, 1.82) is 0 Å². The molecule has 3 nitrogen and oxygen atoms in total. The Morgan fingerprint density at radius 2 is 1.16 bits per heavy atom. The molecular formula is C46H31NO2. The van der Waals surface area contributed by atoms with Gasteiger partial charge in [0, 0.05) is 50.6 Å². The van der Waals surface area contributed by atoms with Crippen LogP contribution in [0.1, 0.15) is 17.9 Å². The van der Waals surface area contributed by atoms with Gasteiger partial charge in [-0.15, -0.1) is 0 Å². The van der Waals surface area contributed by atoms with Crippen LogP contribution in [0.15, 0.2) is 184 Å². The molecule has 1 aliphatic rings. The molecule has 232 valence electrons. The van der Waals surface area contributed by atoms with Gasteiger partial charge in [0.2, 0.25) is 0 Å². The lowest BCUT2D eigenvalue weighted by atomic mass is 9.88. The number of benzene rings is 7. The van der Waals surface area contributed by atoms with Crippen LogP contribution in [0.4, 0.5) is 11.4 Å². The zero-order chi connectivity index (χ0) is 32.3. The normalized spacial score (nSPS) is 14.7. The summed E-state index contributed by atoms with van der Waals surface area (Å²) in [5, 5.41) is 6.99. The zero-order valence-electron chi connectivity index (χ0n) is 26.7. The van der Waals surface area contributed by atoms with Crippen LogP contribution in [0.3, 0.4) is 0 Å². The number of furan rings is 2. The van der Waals surface area contributed by atoms with Crippen LogP contribution in [0.5, 0.6) is 0 Å². The van der Waals surface area contributed by atoms with Gasteiger partial charge in [-0.2, -0.15) is 0 Å². The van der Waals surface area contributed by atoms with Crippen LogP contribution in [0.25, 0.3) is 65.8 Å². The fourth-order valence-corrected chi connectivity index (χ4v) is 7.67. The van der Waals surface area contributed by atoms with Crippen LogP contribution in [0.2, 0.25) is 0 Å². The third kappa shape index (κ3) is 4.58. The molecule has 49 heavy (non-hydrogen) atoms. The molecule has 0 aliphatic heterocycles. The summed E-state index contributed by atoms with van der Waals surface area (Å²) >= 11 is 0. The van der Waals surface area contributed by atoms with Gasteiger partial charge in [-0.25, -0.2) is 0 Å². The van der Waals surface area contributed by atoms with Gasteiger partial charge in [0.1, 0.15) is 22.3 Å². The van der Waals surface area contributed by atoms with Gasteiger partial charge in [-0.1, -0.05) is 109 Å². The number of nitrogens with zero attached hydrogens (tertiary/aromatic N) is 1. The van der Waals surface area contributed by atoms with Crippen molar-refractivity contribution < 1.29 is 8.83 Å². The average molecular weight is 630 g/mol. The van der Waals surface area contributed by atoms with Crippen molar-refractivity contribution in [3.05, 3.63) is 181 Å². The van der Waals surface area contributed by atoms with Gasteiger partial charge in [0.05, 0.1) is 0 Å². The Morgan fingerprint density at radius 1 is 0.490 bits per heavy atom. The SMILES string of the molecule is C1=CCC(c2ccccc2)C(N(c2ccc(-c3ccc4ccc5oc6ccccc6c5c4c3)cc2)c2ccc3c(c2)oc2ccccc23)=C1. The van der Waals surface area contributed by atoms with E-state index in [4.69, 9.17) is 8.83 Å². The van der Waals surface area contributed by atoms with Crippen molar-refractivity contribution >= 4 is 66.0 Å². The highest BCUT2D eigenvalue weighted by atomic mass is 16.3. The van der Waals surface area contributed by atoms with E-state index in [-0.39, 0.29) is 5.92 Å². The highest BCUT2D eigenvalue weighted by Gasteiger charge is 2.26. The van der Waals surface area contributed by atoms with Crippen molar-refractivity contribution in [2.45, 2.75) is 12.3 Å². The molecule has 10 rings (SSSR count). The molecule has 0 fully saturated rings. The molecule has 9 aromatic rings. The number of hydrogen-bond donors (Lipinski definition) is 0. The monoisotopic (exact) mass is 629 g/mol. The molecule has 1 unspecified atom stereocenters. The minimum Gasteiger partial charge on any atom is -0.456 e. The maximum Gasteiger partial charge on any atom is 0.137 e. The van der Waals surface area contributed by atoms with Crippen molar-refractivity contribution in [3.8, 4) is 11.1 Å². The number of para-hydroxylation sites is 2. The molecular weight excluding hydrogens is 599 g/mol. The van der Waals surface area contributed by atoms with E-state index in [1.54, 1.807) is 0 Å². The summed E-state index contributed by atoms with van der Waals surface area (Å²) in [6, 6.07) is 54.0. The van der Waals surface area contributed by atoms with Gasteiger partial charge in [-0.05, 0) is 88.5 Å². The van der Waals surface area contributed by atoms with Crippen LogP contribution in [0, 0.1) is 0 Å². The van der Waals surface area contributed by atoms with Crippen LogP contribution in [-0.4, -0.2) is 0 Å². The van der Waals surface area contributed by atoms with Crippen LogP contribution in [-0.2, 0) is 0 Å². The van der Waals surface area contributed by atoms with Crippen LogP contribution < -0.4 is 4.90 Å². The number of anilines is 2. The Hall–Kier alpha value is -6.32. The number of hydrogen-bond acceptors (Lipinski definition) is 3. The fourth-order valence-electron chi connectivity index (χ4n) is 7.67. The van der Waals surface area contributed by atoms with Crippen LogP contribution >= 0.6 is 0 Å². The molecule has 0 N–H and O–H groups in total. The largest absolute Gasteiger partial charge is 0.456 e. The summed E-state index contributed by atoms with van der Waals surface area (Å²) < 4.78 is 12.6. The lowest BCUT2D eigenvalue weighted by molar-refractivity contribution is 0.668. The number of allylic oxidation sites excluding steroid dienone is 4. The summed E-state index contributed by atoms with van der Waals surface area (Å²) in [6.45, 7) is 0. The predicted molar refractivity (Wildman–Crippen MR) is 204 cm³/mol. The Labute approximate surface area is 283 Å². The first-order chi connectivity index (χ1) is 24.3. The number of fused-ring (bicyclic) bond motifs is 8. The van der Waals surface area contributed by atoms with E-state index >= 15 is 0 Å². The molecule has 0 saturated carbocycles. The van der Waals surface area contributed by atoms with E-state index in [1.165, 1.54) is 38.5 Å². The maximum atomic E-state index is 6.37. The summed E-state index contributed by atoms with van der Waals surface area (Å²) in [5.41, 5.74) is 10.7. The van der Waals surface area contributed by atoms with E-state index in [0.717, 1.165) is 56.3 Å². The Balaban J connectivity index is 1.10. The predicted octanol–water partition coefficient (Wildman–Crippen LogP) is 13.1. The Kier molecular flexibility index (Phi) is 6.31. The summed E-state index contributed by atoms with van der Waals surface area (Å²) in [7, 11) is 0. The second-order valence-corrected chi connectivity index (χ2v) is 12.9. The Morgan fingerprint density at radius 3 is 2.02 bits per heavy atom. The van der Waals surface area contributed by atoms with Gasteiger partial charge < -0.3 is 13.7 Å². The van der Waals surface area contributed by atoms with E-state index in [2.05, 4.69) is 151 Å². The quantitative estimate of drug-likeness (QED) is 0.190. The first-order valence-corrected chi connectivity index (χ1v) is 16.9. The van der Waals surface area contributed by atoms with Gasteiger partial charge in [0.25, 0.3) is 0 Å². The molecule has 7 aromatic carbocycles. The summed E-state index contributed by atoms with van der Waals surface area (Å²) in [5.74, 6) is 0.213. The molecule has 2 aromatic heterocycles. The van der Waals surface area contributed by atoms with Crippen molar-refractivity contribution in [2.24, 2.45) is 0 Å². The summed E-state index contributed by atoms with van der Waals surface area (Å²) in [6.07, 6.45) is 7.66. The van der Waals surface area contributed by atoms with Gasteiger partial charge in [0.15, 0.2) is 0 Å². The molecule has 0 amide bonds. The molecule has 3 heteroatoms. The third-order valence-electron chi connectivity index (χ3n) is 10.0. The zero-order valence-corrected chi connectivity index (χ0v) is 26.7. The average Bonchev–Trinajstić information content (AvgIpc) is 3.74. The fraction of sp³-hybridized carbons (Fsp3) is 0.0435.